The van der Waals surface area contributed by atoms with Gasteiger partial charge >= 0.3 is 0 Å². The van der Waals surface area contributed by atoms with Gasteiger partial charge in [0.15, 0.2) is 5.78 Å². The minimum absolute atomic E-state index is 0.153. The number of rotatable bonds is 5. The van der Waals surface area contributed by atoms with Crippen molar-refractivity contribution in [1.82, 2.24) is 9.97 Å². The quantitative estimate of drug-likeness (QED) is 0.667. The Kier molecular flexibility index (Phi) is 4.43. The molecule has 0 N–H and O–H groups in total. The van der Waals surface area contributed by atoms with Crippen molar-refractivity contribution in [1.29, 1.82) is 0 Å². The molecule has 0 radical (unpaired) electrons. The molecule has 116 valence electrons. The summed E-state index contributed by atoms with van der Waals surface area (Å²) in [6.45, 7) is 0. The summed E-state index contributed by atoms with van der Waals surface area (Å²) in [6, 6.07) is 8.02. The first-order valence-electron chi connectivity index (χ1n) is 6.99. The molecule has 0 aliphatic carbocycles. The Hall–Kier alpha value is -2.60. The number of thiazole rings is 1. The molecule has 3 rings (SSSR count). The van der Waals surface area contributed by atoms with Crippen LogP contribution in [0, 0.1) is 5.82 Å². The lowest BCUT2D eigenvalue weighted by Gasteiger charge is -2.19. The third-order valence-corrected chi connectivity index (χ3v) is 4.20. The van der Waals surface area contributed by atoms with Gasteiger partial charge in [-0.15, -0.1) is 11.3 Å². The lowest BCUT2D eigenvalue weighted by Crippen LogP contribution is -2.12. The molecule has 4 nitrogen and oxygen atoms in total. The van der Waals surface area contributed by atoms with Crippen LogP contribution in [0.3, 0.4) is 0 Å². The highest BCUT2D eigenvalue weighted by molar-refractivity contribution is 7.09. The van der Waals surface area contributed by atoms with Crippen molar-refractivity contribution < 1.29 is 9.18 Å². The second-order valence-electron chi connectivity index (χ2n) is 4.99. The standard InChI is InChI=1S/C17H14FN3OS/c1-21(14-3-2-4-19-11-14)15-8-12(7-13(18)9-15)16(22)10-17-20-5-6-23-17/h2-9,11H,10H2,1H3. The van der Waals surface area contributed by atoms with Crippen molar-refractivity contribution in [2.45, 2.75) is 6.42 Å². The summed E-state index contributed by atoms with van der Waals surface area (Å²) in [5, 5.41) is 2.54. The van der Waals surface area contributed by atoms with Gasteiger partial charge in [-0.05, 0) is 30.3 Å². The van der Waals surface area contributed by atoms with Gasteiger partial charge in [-0.2, -0.15) is 0 Å². The number of hydrogen-bond donors (Lipinski definition) is 0. The van der Waals surface area contributed by atoms with E-state index in [2.05, 4.69) is 9.97 Å². The predicted octanol–water partition coefficient (Wildman–Crippen LogP) is 3.87. The van der Waals surface area contributed by atoms with Crippen LogP contribution in [0.5, 0.6) is 0 Å². The van der Waals surface area contributed by atoms with Gasteiger partial charge in [0.25, 0.3) is 0 Å². The fourth-order valence-electron chi connectivity index (χ4n) is 2.21. The van der Waals surface area contributed by atoms with E-state index in [1.54, 1.807) is 42.7 Å². The molecule has 2 heterocycles. The summed E-state index contributed by atoms with van der Waals surface area (Å²) in [5.41, 5.74) is 1.75. The second kappa shape index (κ2) is 6.66. The highest BCUT2D eigenvalue weighted by Gasteiger charge is 2.13. The molecule has 1 aromatic carbocycles. The summed E-state index contributed by atoms with van der Waals surface area (Å²) >= 11 is 1.41. The van der Waals surface area contributed by atoms with Gasteiger partial charge in [0, 0.05) is 36.1 Å². The monoisotopic (exact) mass is 327 g/mol. The zero-order valence-electron chi connectivity index (χ0n) is 12.4. The first-order chi connectivity index (χ1) is 11.1. The number of anilines is 2. The van der Waals surface area contributed by atoms with Gasteiger partial charge in [-0.3, -0.25) is 9.78 Å². The maximum absolute atomic E-state index is 13.9. The molecule has 0 saturated carbocycles. The maximum Gasteiger partial charge on any atom is 0.169 e. The van der Waals surface area contributed by atoms with Gasteiger partial charge in [0.1, 0.15) is 10.8 Å². The molecule has 0 spiro atoms. The number of pyridine rings is 1. The highest BCUT2D eigenvalue weighted by Crippen LogP contribution is 2.25. The Bertz CT molecular complexity index is 806. The number of aromatic nitrogens is 2. The summed E-state index contributed by atoms with van der Waals surface area (Å²) < 4.78 is 13.9. The van der Waals surface area contributed by atoms with E-state index in [4.69, 9.17) is 0 Å². The van der Waals surface area contributed by atoms with Gasteiger partial charge in [-0.1, -0.05) is 0 Å². The van der Waals surface area contributed by atoms with Crippen molar-refractivity contribution in [3.8, 4) is 0 Å². The molecule has 2 aromatic heterocycles. The lowest BCUT2D eigenvalue weighted by molar-refractivity contribution is 0.0992. The summed E-state index contributed by atoms with van der Waals surface area (Å²) in [7, 11) is 1.81. The number of benzene rings is 1. The van der Waals surface area contributed by atoms with Crippen LogP contribution in [-0.2, 0) is 6.42 Å². The van der Waals surface area contributed by atoms with Crippen molar-refractivity contribution in [2.24, 2.45) is 0 Å². The van der Waals surface area contributed by atoms with Crippen LogP contribution < -0.4 is 4.90 Å². The van der Waals surface area contributed by atoms with E-state index < -0.39 is 5.82 Å². The number of Topliss-reactive ketones (excluding diaryl/α,β-unsaturated/α-hetero) is 1. The molecular weight excluding hydrogens is 313 g/mol. The Morgan fingerprint density at radius 3 is 2.83 bits per heavy atom. The Labute approximate surface area is 137 Å². The molecule has 0 unspecified atom stereocenters. The largest absolute Gasteiger partial charge is 0.343 e. The number of nitrogens with zero attached hydrogens (tertiary/aromatic N) is 3. The average Bonchev–Trinajstić information content (AvgIpc) is 3.07. The van der Waals surface area contributed by atoms with E-state index in [0.29, 0.717) is 11.3 Å². The number of carbonyl (C=O) groups is 1. The summed E-state index contributed by atoms with van der Waals surface area (Å²) in [5.74, 6) is -0.596. The molecule has 0 aliphatic heterocycles. The highest BCUT2D eigenvalue weighted by atomic mass is 32.1. The van der Waals surface area contributed by atoms with Crippen LogP contribution >= 0.6 is 11.3 Å². The molecule has 23 heavy (non-hydrogen) atoms. The summed E-state index contributed by atoms with van der Waals surface area (Å²) in [4.78, 5) is 22.3. The fourth-order valence-corrected chi connectivity index (χ4v) is 2.82. The minimum Gasteiger partial charge on any atom is -0.343 e. The van der Waals surface area contributed by atoms with Gasteiger partial charge in [0.2, 0.25) is 0 Å². The number of carbonyl (C=O) groups excluding carboxylic acids is 1. The summed E-state index contributed by atoms with van der Waals surface area (Å²) in [6.07, 6.45) is 5.19. The van der Waals surface area contributed by atoms with Crippen molar-refractivity contribution >= 4 is 28.5 Å². The van der Waals surface area contributed by atoms with Crippen molar-refractivity contribution in [2.75, 3.05) is 11.9 Å². The Balaban J connectivity index is 1.88. The van der Waals surface area contributed by atoms with E-state index in [1.165, 1.54) is 23.5 Å². The SMILES string of the molecule is CN(c1cccnc1)c1cc(F)cc(C(=O)Cc2nccs2)c1. The average molecular weight is 327 g/mol. The first kappa shape index (κ1) is 15.3. The minimum atomic E-state index is -0.444. The molecule has 0 bridgehead atoms. The van der Waals surface area contributed by atoms with Crippen molar-refractivity contribution in [3.05, 3.63) is 70.7 Å². The molecule has 0 amide bonds. The second-order valence-corrected chi connectivity index (χ2v) is 5.97. The third-order valence-electron chi connectivity index (χ3n) is 3.42. The lowest BCUT2D eigenvalue weighted by atomic mass is 10.1. The maximum atomic E-state index is 13.9. The predicted molar refractivity (Wildman–Crippen MR) is 88.8 cm³/mol. The van der Waals surface area contributed by atoms with Crippen LogP contribution in [0.25, 0.3) is 0 Å². The molecule has 0 fully saturated rings. The van der Waals surface area contributed by atoms with E-state index in [-0.39, 0.29) is 12.2 Å². The molecule has 3 aromatic rings. The molecular formula is C17H14FN3OS. The zero-order chi connectivity index (χ0) is 16.2. The number of hydrogen-bond acceptors (Lipinski definition) is 5. The molecule has 0 saturated heterocycles. The van der Waals surface area contributed by atoms with Gasteiger partial charge in [-0.25, -0.2) is 9.37 Å². The van der Waals surface area contributed by atoms with Crippen LogP contribution in [0.1, 0.15) is 15.4 Å². The third kappa shape index (κ3) is 3.60. The van der Waals surface area contributed by atoms with E-state index in [9.17, 15) is 9.18 Å². The number of ketones is 1. The Morgan fingerprint density at radius 2 is 2.13 bits per heavy atom. The molecule has 0 atom stereocenters. The smallest absolute Gasteiger partial charge is 0.169 e. The Morgan fingerprint density at radius 1 is 1.26 bits per heavy atom. The van der Waals surface area contributed by atoms with Crippen molar-refractivity contribution in [3.63, 3.8) is 0 Å². The zero-order valence-corrected chi connectivity index (χ0v) is 13.3. The van der Waals surface area contributed by atoms with Gasteiger partial charge in [0.05, 0.1) is 18.3 Å². The van der Waals surface area contributed by atoms with E-state index >= 15 is 0 Å². The van der Waals surface area contributed by atoms with Crippen LogP contribution in [0.4, 0.5) is 15.8 Å². The van der Waals surface area contributed by atoms with E-state index in [1.807, 2.05) is 11.4 Å². The molecule has 0 aliphatic rings. The van der Waals surface area contributed by atoms with Crippen LogP contribution in [-0.4, -0.2) is 22.8 Å². The van der Waals surface area contributed by atoms with E-state index in [0.717, 1.165) is 10.7 Å². The fraction of sp³-hybridized carbons (Fsp3) is 0.118. The topological polar surface area (TPSA) is 46.1 Å². The first-order valence-corrected chi connectivity index (χ1v) is 7.87. The molecule has 6 heteroatoms. The van der Waals surface area contributed by atoms with Crippen LogP contribution in [0.15, 0.2) is 54.3 Å². The van der Waals surface area contributed by atoms with Gasteiger partial charge < -0.3 is 4.90 Å². The number of halogens is 1. The van der Waals surface area contributed by atoms with Crippen LogP contribution in [0.2, 0.25) is 0 Å². The normalized spacial score (nSPS) is 10.5.